The van der Waals surface area contributed by atoms with Crippen molar-refractivity contribution in [2.75, 3.05) is 24.3 Å². The number of halogens is 1. The monoisotopic (exact) mass is 240 g/mol. The molecule has 0 spiro atoms. The number of fused-ring (bicyclic) bond motifs is 1. The Kier molecular flexibility index (Phi) is 3.51. The van der Waals surface area contributed by atoms with E-state index in [4.69, 9.17) is 16.3 Å². The van der Waals surface area contributed by atoms with Crippen molar-refractivity contribution in [1.29, 1.82) is 0 Å². The Hall–Kier alpha value is -1.42. The summed E-state index contributed by atoms with van der Waals surface area (Å²) in [5.41, 5.74) is 1.87. The molecule has 4 nitrogen and oxygen atoms in total. The van der Waals surface area contributed by atoms with Gasteiger partial charge in [0.2, 0.25) is 0 Å². The molecule has 2 rings (SSSR count). The van der Waals surface area contributed by atoms with Crippen LogP contribution in [0, 0.1) is 0 Å². The molecule has 0 atom stereocenters. The number of nitrogens with one attached hydrogen (secondary N) is 2. The minimum Gasteiger partial charge on any atom is -0.493 e. The zero-order chi connectivity index (χ0) is 11.4. The van der Waals surface area contributed by atoms with E-state index in [-0.39, 0.29) is 6.03 Å². The van der Waals surface area contributed by atoms with E-state index in [9.17, 15) is 4.79 Å². The normalized spacial score (nSPS) is 12.8. The summed E-state index contributed by atoms with van der Waals surface area (Å²) in [6, 6.07) is 5.40. The Balaban J connectivity index is 2.04. The summed E-state index contributed by atoms with van der Waals surface area (Å²) in [7, 11) is 0. The molecule has 0 radical (unpaired) electrons. The van der Waals surface area contributed by atoms with Crippen LogP contribution in [-0.2, 0) is 6.42 Å². The molecule has 86 valence electrons. The Morgan fingerprint density at radius 3 is 3.19 bits per heavy atom. The predicted octanol–water partition coefficient (Wildman–Crippen LogP) is 1.98. The molecule has 1 aromatic rings. The number of amides is 2. The van der Waals surface area contributed by atoms with Crippen LogP contribution in [0.1, 0.15) is 5.56 Å². The fraction of sp³-hybridized carbons (Fsp3) is 0.364. The van der Waals surface area contributed by atoms with Crippen LogP contribution in [0.25, 0.3) is 0 Å². The van der Waals surface area contributed by atoms with Crippen LogP contribution in [0.4, 0.5) is 10.5 Å². The highest BCUT2D eigenvalue weighted by molar-refractivity contribution is 6.18. The van der Waals surface area contributed by atoms with E-state index in [1.54, 1.807) is 0 Å². The number of alkyl halides is 1. The molecule has 1 aliphatic rings. The summed E-state index contributed by atoms with van der Waals surface area (Å²) in [5.74, 6) is 1.26. The SMILES string of the molecule is O=C(NCCCl)Nc1cccc2c1CCO2. The second-order valence-electron chi connectivity index (χ2n) is 3.45. The molecule has 1 aromatic carbocycles. The van der Waals surface area contributed by atoms with Crippen molar-refractivity contribution < 1.29 is 9.53 Å². The van der Waals surface area contributed by atoms with Gasteiger partial charge >= 0.3 is 6.03 Å². The zero-order valence-corrected chi connectivity index (χ0v) is 9.51. The number of carbonyl (C=O) groups excluding carboxylic acids is 1. The fourth-order valence-corrected chi connectivity index (χ4v) is 1.76. The average molecular weight is 241 g/mol. The van der Waals surface area contributed by atoms with Gasteiger partial charge in [0.05, 0.1) is 6.61 Å². The molecule has 0 unspecified atom stereocenters. The van der Waals surface area contributed by atoms with Crippen molar-refractivity contribution in [3.05, 3.63) is 23.8 Å². The van der Waals surface area contributed by atoms with Gasteiger partial charge in [0, 0.05) is 30.1 Å². The maximum absolute atomic E-state index is 11.4. The Morgan fingerprint density at radius 2 is 2.38 bits per heavy atom. The molecule has 16 heavy (non-hydrogen) atoms. The van der Waals surface area contributed by atoms with E-state index >= 15 is 0 Å². The van der Waals surface area contributed by atoms with E-state index in [1.165, 1.54) is 0 Å². The van der Waals surface area contributed by atoms with Gasteiger partial charge in [-0.3, -0.25) is 0 Å². The van der Waals surface area contributed by atoms with Crippen molar-refractivity contribution in [2.45, 2.75) is 6.42 Å². The number of rotatable bonds is 3. The molecule has 0 bridgehead atoms. The minimum atomic E-state index is -0.235. The molecular formula is C11H13ClN2O2. The van der Waals surface area contributed by atoms with Gasteiger partial charge in [-0.2, -0.15) is 0 Å². The molecule has 5 heteroatoms. The number of anilines is 1. The largest absolute Gasteiger partial charge is 0.493 e. The van der Waals surface area contributed by atoms with E-state index in [2.05, 4.69) is 10.6 Å². The van der Waals surface area contributed by atoms with Crippen LogP contribution in [0.3, 0.4) is 0 Å². The van der Waals surface area contributed by atoms with Gasteiger partial charge in [-0.25, -0.2) is 4.79 Å². The number of benzene rings is 1. The maximum atomic E-state index is 11.4. The van der Waals surface area contributed by atoms with Crippen molar-refractivity contribution in [3.63, 3.8) is 0 Å². The van der Waals surface area contributed by atoms with E-state index in [0.717, 1.165) is 23.4 Å². The highest BCUT2D eigenvalue weighted by Crippen LogP contribution is 2.31. The summed E-state index contributed by atoms with van der Waals surface area (Å²) in [5, 5.41) is 5.44. The van der Waals surface area contributed by atoms with Crippen molar-refractivity contribution in [1.82, 2.24) is 5.32 Å². The van der Waals surface area contributed by atoms with Crippen LogP contribution in [0.5, 0.6) is 5.75 Å². The van der Waals surface area contributed by atoms with Gasteiger partial charge in [0.1, 0.15) is 5.75 Å². The molecule has 0 aliphatic carbocycles. The lowest BCUT2D eigenvalue weighted by Gasteiger charge is -2.09. The van der Waals surface area contributed by atoms with Crippen molar-refractivity contribution >= 4 is 23.3 Å². The van der Waals surface area contributed by atoms with Crippen LogP contribution in [0.15, 0.2) is 18.2 Å². The first-order chi connectivity index (χ1) is 7.81. The van der Waals surface area contributed by atoms with Crippen LogP contribution in [-0.4, -0.2) is 25.1 Å². The highest BCUT2D eigenvalue weighted by atomic mass is 35.5. The third-order valence-electron chi connectivity index (χ3n) is 2.37. The number of ether oxygens (including phenoxy) is 1. The molecule has 0 aromatic heterocycles. The Morgan fingerprint density at radius 1 is 1.50 bits per heavy atom. The second-order valence-corrected chi connectivity index (χ2v) is 3.83. The predicted molar refractivity (Wildman–Crippen MR) is 63.4 cm³/mol. The van der Waals surface area contributed by atoms with Gasteiger partial charge in [-0.05, 0) is 12.1 Å². The summed E-state index contributed by atoms with van der Waals surface area (Å²) in [6.07, 6.45) is 0.835. The molecular weight excluding hydrogens is 228 g/mol. The first kappa shape index (κ1) is 11.1. The smallest absolute Gasteiger partial charge is 0.319 e. The van der Waals surface area contributed by atoms with E-state index < -0.39 is 0 Å². The van der Waals surface area contributed by atoms with E-state index in [0.29, 0.717) is 19.0 Å². The lowest BCUT2D eigenvalue weighted by molar-refractivity contribution is 0.252. The van der Waals surface area contributed by atoms with Gasteiger partial charge in [0.25, 0.3) is 0 Å². The average Bonchev–Trinajstić information content (AvgIpc) is 2.75. The lowest BCUT2D eigenvalue weighted by Crippen LogP contribution is -2.30. The van der Waals surface area contributed by atoms with Crippen LogP contribution >= 0.6 is 11.6 Å². The number of hydrogen-bond donors (Lipinski definition) is 2. The summed E-state index contributed by atoms with van der Waals surface area (Å²) in [6.45, 7) is 1.14. The minimum absolute atomic E-state index is 0.235. The molecule has 2 N–H and O–H groups in total. The molecule has 1 aliphatic heterocycles. The summed E-state index contributed by atoms with van der Waals surface area (Å²) < 4.78 is 5.41. The lowest BCUT2D eigenvalue weighted by atomic mass is 10.1. The Bertz CT molecular complexity index is 396. The third-order valence-corrected chi connectivity index (χ3v) is 2.56. The molecule has 1 heterocycles. The van der Waals surface area contributed by atoms with Crippen LogP contribution in [0.2, 0.25) is 0 Å². The zero-order valence-electron chi connectivity index (χ0n) is 8.75. The van der Waals surface area contributed by atoms with Crippen LogP contribution < -0.4 is 15.4 Å². The fourth-order valence-electron chi connectivity index (χ4n) is 1.67. The van der Waals surface area contributed by atoms with Gasteiger partial charge in [-0.1, -0.05) is 6.07 Å². The first-order valence-electron chi connectivity index (χ1n) is 5.17. The maximum Gasteiger partial charge on any atom is 0.319 e. The molecule has 0 saturated heterocycles. The molecule has 0 fully saturated rings. The topological polar surface area (TPSA) is 50.4 Å². The number of carbonyl (C=O) groups is 1. The molecule has 2 amide bonds. The quantitative estimate of drug-likeness (QED) is 0.794. The summed E-state index contributed by atoms with van der Waals surface area (Å²) >= 11 is 5.48. The van der Waals surface area contributed by atoms with Crippen molar-refractivity contribution in [2.24, 2.45) is 0 Å². The molecule has 0 saturated carbocycles. The first-order valence-corrected chi connectivity index (χ1v) is 5.70. The van der Waals surface area contributed by atoms with Gasteiger partial charge in [0.15, 0.2) is 0 Å². The van der Waals surface area contributed by atoms with Gasteiger partial charge < -0.3 is 15.4 Å². The third kappa shape index (κ3) is 2.39. The van der Waals surface area contributed by atoms with Crippen molar-refractivity contribution in [3.8, 4) is 5.75 Å². The standard InChI is InChI=1S/C11H13ClN2O2/c12-5-6-13-11(15)14-9-2-1-3-10-8(9)4-7-16-10/h1-3H,4-7H2,(H2,13,14,15). The Labute approximate surface area is 98.9 Å². The highest BCUT2D eigenvalue weighted by Gasteiger charge is 2.16. The van der Waals surface area contributed by atoms with E-state index in [1.807, 2.05) is 18.2 Å². The second kappa shape index (κ2) is 5.07. The number of urea groups is 1. The van der Waals surface area contributed by atoms with Gasteiger partial charge in [-0.15, -0.1) is 11.6 Å². The number of hydrogen-bond acceptors (Lipinski definition) is 2. The summed E-state index contributed by atoms with van der Waals surface area (Å²) in [4.78, 5) is 11.4.